The van der Waals surface area contributed by atoms with Gasteiger partial charge in [-0.15, -0.1) is 0 Å². The maximum absolute atomic E-state index is 13.0. The topological polar surface area (TPSA) is 58.6 Å². The predicted octanol–water partition coefficient (Wildman–Crippen LogP) is 3.20. The number of nitrogens with one attached hydrogen (secondary N) is 1. The van der Waals surface area contributed by atoms with E-state index in [9.17, 15) is 14.3 Å². The Morgan fingerprint density at radius 2 is 2.07 bits per heavy atom. The minimum atomic E-state index is -0.582. The molecule has 146 valence electrons. The van der Waals surface area contributed by atoms with E-state index in [1.54, 1.807) is 12.1 Å². The molecule has 4 nitrogen and oxygen atoms in total. The van der Waals surface area contributed by atoms with E-state index in [1.165, 1.54) is 17.7 Å². The molecule has 0 unspecified atom stereocenters. The summed E-state index contributed by atoms with van der Waals surface area (Å²) >= 11 is 0. The van der Waals surface area contributed by atoms with Crippen molar-refractivity contribution in [3.05, 3.63) is 47.3 Å². The molecule has 1 heterocycles. The van der Waals surface area contributed by atoms with Gasteiger partial charge in [0.2, 0.25) is 0 Å². The Morgan fingerprint density at radius 3 is 2.81 bits per heavy atom. The molecule has 0 aromatic heterocycles. The van der Waals surface area contributed by atoms with Crippen LogP contribution in [0.4, 0.5) is 4.39 Å². The van der Waals surface area contributed by atoms with Gasteiger partial charge in [0.25, 0.3) is 0 Å². The summed E-state index contributed by atoms with van der Waals surface area (Å²) in [5.74, 6) is -0.619. The molecule has 0 radical (unpaired) electrons. The first-order valence-corrected chi connectivity index (χ1v) is 9.94. The number of carbonyl (C=O) groups is 1. The fraction of sp³-hybridized carbons (Fsp3) is 0.591. The zero-order chi connectivity index (χ0) is 19.2. The number of aliphatic hydroxyl groups excluding tert-OH is 1. The third-order valence-corrected chi connectivity index (χ3v) is 7.18. The van der Waals surface area contributed by atoms with Gasteiger partial charge in [-0.3, -0.25) is 4.79 Å². The van der Waals surface area contributed by atoms with Gasteiger partial charge in [0.1, 0.15) is 11.9 Å². The van der Waals surface area contributed by atoms with Crippen molar-refractivity contribution in [2.45, 2.75) is 51.9 Å². The van der Waals surface area contributed by atoms with E-state index in [1.807, 2.05) is 0 Å². The Kier molecular flexibility index (Phi) is 4.85. The number of esters is 1. The molecule has 2 fully saturated rings. The van der Waals surface area contributed by atoms with Crippen LogP contribution in [0, 0.1) is 29.0 Å². The molecule has 3 aliphatic rings. The van der Waals surface area contributed by atoms with Crippen LogP contribution in [0.15, 0.2) is 35.9 Å². The lowest BCUT2D eigenvalue weighted by Crippen LogP contribution is -2.54. The molecular weight excluding hydrogens is 345 g/mol. The van der Waals surface area contributed by atoms with Gasteiger partial charge in [-0.1, -0.05) is 37.6 Å². The molecule has 2 aliphatic carbocycles. The smallest absolute Gasteiger partial charge is 0.311 e. The number of fused-ring (bicyclic) bond motifs is 2. The highest BCUT2D eigenvalue weighted by Gasteiger charge is 2.59. The van der Waals surface area contributed by atoms with Crippen LogP contribution in [0.25, 0.3) is 0 Å². The van der Waals surface area contributed by atoms with E-state index >= 15 is 0 Å². The van der Waals surface area contributed by atoms with Crippen LogP contribution in [0.1, 0.15) is 38.7 Å². The molecule has 27 heavy (non-hydrogen) atoms. The maximum atomic E-state index is 13.0. The van der Waals surface area contributed by atoms with Crippen molar-refractivity contribution in [2.24, 2.45) is 23.2 Å². The minimum Gasteiger partial charge on any atom is -0.461 e. The summed E-state index contributed by atoms with van der Waals surface area (Å²) in [6.45, 7) is 5.36. The molecular formula is C22H28FNO3. The van der Waals surface area contributed by atoms with E-state index in [0.717, 1.165) is 24.8 Å². The lowest BCUT2D eigenvalue weighted by molar-refractivity contribution is -0.144. The largest absolute Gasteiger partial charge is 0.461 e. The van der Waals surface area contributed by atoms with Gasteiger partial charge in [-0.2, -0.15) is 0 Å². The molecule has 0 bridgehead atoms. The van der Waals surface area contributed by atoms with Crippen molar-refractivity contribution < 1.29 is 19.0 Å². The third kappa shape index (κ3) is 3.11. The summed E-state index contributed by atoms with van der Waals surface area (Å²) < 4.78 is 18.7. The first-order chi connectivity index (χ1) is 12.9. The Bertz CT molecular complexity index is 746. The summed E-state index contributed by atoms with van der Waals surface area (Å²) in [6, 6.07) is 6.33. The van der Waals surface area contributed by atoms with E-state index in [0.29, 0.717) is 19.0 Å². The number of allylic oxidation sites excluding steroid dienone is 1. The van der Waals surface area contributed by atoms with Gasteiger partial charge in [0.15, 0.2) is 0 Å². The van der Waals surface area contributed by atoms with E-state index in [-0.39, 0.29) is 35.1 Å². The first kappa shape index (κ1) is 18.6. The zero-order valence-corrected chi connectivity index (χ0v) is 16.0. The molecule has 4 rings (SSSR count). The van der Waals surface area contributed by atoms with Crippen molar-refractivity contribution in [3.63, 3.8) is 0 Å². The Morgan fingerprint density at radius 1 is 1.33 bits per heavy atom. The van der Waals surface area contributed by atoms with Crippen LogP contribution in [-0.4, -0.2) is 29.8 Å². The quantitative estimate of drug-likeness (QED) is 0.629. The molecule has 0 spiro atoms. The molecule has 1 aromatic rings. The van der Waals surface area contributed by atoms with Gasteiger partial charge < -0.3 is 15.2 Å². The minimum absolute atomic E-state index is 0.180. The average Bonchev–Trinajstić information content (AvgIpc) is 2.95. The van der Waals surface area contributed by atoms with E-state index in [4.69, 9.17) is 4.74 Å². The number of aliphatic hydroxyl groups is 1. The number of benzene rings is 1. The predicted molar refractivity (Wildman–Crippen MR) is 100 cm³/mol. The van der Waals surface area contributed by atoms with Crippen molar-refractivity contribution in [1.82, 2.24) is 5.32 Å². The van der Waals surface area contributed by atoms with Crippen molar-refractivity contribution in [2.75, 3.05) is 6.54 Å². The normalized spacial score (nSPS) is 38.0. The van der Waals surface area contributed by atoms with Crippen LogP contribution in [-0.2, 0) is 16.1 Å². The highest BCUT2D eigenvalue weighted by molar-refractivity contribution is 5.76. The number of halogens is 1. The van der Waals surface area contributed by atoms with Gasteiger partial charge in [-0.05, 0) is 36.5 Å². The molecule has 5 heteroatoms. The van der Waals surface area contributed by atoms with Gasteiger partial charge in [0.05, 0.1) is 12.0 Å². The van der Waals surface area contributed by atoms with Gasteiger partial charge >= 0.3 is 5.97 Å². The fourth-order valence-corrected chi connectivity index (χ4v) is 5.27. The van der Waals surface area contributed by atoms with Crippen molar-refractivity contribution >= 4 is 5.97 Å². The lowest BCUT2D eigenvalue weighted by atomic mass is 9.55. The Balaban J connectivity index is 1.48. The number of carbonyl (C=O) groups excluding carboxylic acids is 1. The molecule has 1 saturated heterocycles. The SMILES string of the molecule is C[C@@H]1CCC=C2C[C@H]3OC(=O)[C@@H](CNCc4ccc(F)cc4)[C@H]3[C@H](O)[C@@]21C. The van der Waals surface area contributed by atoms with Gasteiger partial charge in [0, 0.05) is 30.8 Å². The summed E-state index contributed by atoms with van der Waals surface area (Å²) in [5.41, 5.74) is 1.94. The summed E-state index contributed by atoms with van der Waals surface area (Å²) in [6.07, 6.45) is 4.27. The van der Waals surface area contributed by atoms with Crippen molar-refractivity contribution in [1.29, 1.82) is 0 Å². The Labute approximate surface area is 159 Å². The maximum Gasteiger partial charge on any atom is 0.311 e. The second-order valence-electron chi connectivity index (χ2n) is 8.56. The number of rotatable bonds is 4. The molecule has 6 atom stereocenters. The summed E-state index contributed by atoms with van der Waals surface area (Å²) in [4.78, 5) is 12.5. The van der Waals surface area contributed by atoms with Crippen LogP contribution in [0.3, 0.4) is 0 Å². The highest BCUT2D eigenvalue weighted by atomic mass is 19.1. The van der Waals surface area contributed by atoms with Crippen LogP contribution >= 0.6 is 0 Å². The van der Waals surface area contributed by atoms with Gasteiger partial charge in [-0.25, -0.2) is 4.39 Å². The molecule has 2 N–H and O–H groups in total. The second kappa shape index (κ2) is 7.02. The Hall–Kier alpha value is -1.72. The van der Waals surface area contributed by atoms with Crippen LogP contribution < -0.4 is 5.32 Å². The van der Waals surface area contributed by atoms with Crippen molar-refractivity contribution in [3.8, 4) is 0 Å². The van der Waals surface area contributed by atoms with E-state index < -0.39 is 6.10 Å². The zero-order valence-electron chi connectivity index (χ0n) is 16.0. The van der Waals surface area contributed by atoms with E-state index in [2.05, 4.69) is 25.2 Å². The summed E-state index contributed by atoms with van der Waals surface area (Å²) in [5, 5.41) is 14.6. The highest BCUT2D eigenvalue weighted by Crippen LogP contribution is 2.55. The summed E-state index contributed by atoms with van der Waals surface area (Å²) in [7, 11) is 0. The average molecular weight is 373 g/mol. The number of ether oxygens (including phenoxy) is 1. The molecule has 0 amide bonds. The molecule has 1 saturated carbocycles. The van der Waals surface area contributed by atoms with Crippen LogP contribution in [0.2, 0.25) is 0 Å². The third-order valence-electron chi connectivity index (χ3n) is 7.18. The number of hydrogen-bond donors (Lipinski definition) is 2. The fourth-order valence-electron chi connectivity index (χ4n) is 5.27. The molecule has 1 aliphatic heterocycles. The lowest BCUT2D eigenvalue weighted by Gasteiger charge is -2.51. The second-order valence-corrected chi connectivity index (χ2v) is 8.56. The molecule has 1 aromatic carbocycles. The number of hydrogen-bond acceptors (Lipinski definition) is 4. The first-order valence-electron chi connectivity index (χ1n) is 9.94. The monoisotopic (exact) mass is 373 g/mol. The standard InChI is InChI=1S/C22H28FNO3/c1-13-4-3-5-15-10-18-19(20(25)22(13,15)2)17(21(26)27-18)12-24-11-14-6-8-16(23)9-7-14/h5-9,13,17-20,24-25H,3-4,10-12H2,1-2H3/t13-,17+,18-,19-,20+,22-/m1/s1. The van der Waals surface area contributed by atoms with Crippen LogP contribution in [0.5, 0.6) is 0 Å².